The van der Waals surface area contributed by atoms with Gasteiger partial charge >= 0.3 is 6.03 Å². The summed E-state index contributed by atoms with van der Waals surface area (Å²) in [6, 6.07) is 5.56. The van der Waals surface area contributed by atoms with Crippen molar-refractivity contribution in [1.82, 2.24) is 29.6 Å². The Labute approximate surface area is 169 Å². The molecule has 0 spiro atoms. The number of pyridine rings is 1. The molecule has 150 valence electrons. The highest BCUT2D eigenvalue weighted by atomic mass is 19.1. The van der Waals surface area contributed by atoms with E-state index < -0.39 is 18.0 Å². The van der Waals surface area contributed by atoms with Crippen LogP contribution in [0.15, 0.2) is 55.2 Å². The number of carbonyl (C=O) groups is 1. The number of alkyl halides is 1. The molecule has 0 saturated carbocycles. The monoisotopic (exact) mass is 407 g/mol. The first-order valence-corrected chi connectivity index (χ1v) is 9.18. The van der Waals surface area contributed by atoms with Gasteiger partial charge in [-0.1, -0.05) is 0 Å². The van der Waals surface area contributed by atoms with Gasteiger partial charge in [-0.15, -0.1) is 5.10 Å². The van der Waals surface area contributed by atoms with Crippen LogP contribution in [-0.2, 0) is 0 Å². The highest BCUT2D eigenvalue weighted by Gasteiger charge is 2.30. The summed E-state index contributed by atoms with van der Waals surface area (Å²) in [4.78, 5) is 26.1. The lowest BCUT2D eigenvalue weighted by molar-refractivity contribution is 0.0974. The number of nitrogens with one attached hydrogen (secondary N) is 1. The number of urea groups is 1. The number of likely N-dealkylation sites (tertiary alicyclic amines) is 1. The van der Waals surface area contributed by atoms with Crippen molar-refractivity contribution in [3.8, 4) is 16.9 Å². The second-order valence-electron chi connectivity index (χ2n) is 6.90. The van der Waals surface area contributed by atoms with Crippen molar-refractivity contribution >= 4 is 22.8 Å². The topological polar surface area (TPSA) is 88.8 Å². The summed E-state index contributed by atoms with van der Waals surface area (Å²) in [5.74, 6) is -0.511. The van der Waals surface area contributed by atoms with E-state index in [1.165, 1.54) is 27.8 Å². The third-order valence-corrected chi connectivity index (χ3v) is 4.79. The zero-order valence-electron chi connectivity index (χ0n) is 15.5. The van der Waals surface area contributed by atoms with Gasteiger partial charge < -0.3 is 10.2 Å². The Kier molecular flexibility index (Phi) is 4.31. The lowest BCUT2D eigenvalue weighted by atomic mass is 10.2. The molecule has 4 aromatic rings. The average molecular weight is 407 g/mol. The van der Waals surface area contributed by atoms with Gasteiger partial charge in [0.25, 0.3) is 0 Å². The van der Waals surface area contributed by atoms with Crippen LogP contribution in [0.25, 0.3) is 28.0 Å². The molecule has 0 bridgehead atoms. The third kappa shape index (κ3) is 3.32. The predicted octanol–water partition coefficient (Wildman–Crippen LogP) is 3.20. The number of hydrogen-bond donors (Lipinski definition) is 1. The van der Waals surface area contributed by atoms with Crippen LogP contribution in [0.1, 0.15) is 0 Å². The fraction of sp³-hybridized carbons (Fsp3) is 0.150. The molecule has 1 N–H and O–H groups in total. The molecule has 5 rings (SSSR count). The molecule has 1 fully saturated rings. The molecule has 0 radical (unpaired) electrons. The Balaban J connectivity index is 1.45. The second kappa shape index (κ2) is 7.14. The van der Waals surface area contributed by atoms with Crippen molar-refractivity contribution in [1.29, 1.82) is 0 Å². The highest BCUT2D eigenvalue weighted by Crippen LogP contribution is 2.24. The molecule has 3 aromatic heterocycles. The molecule has 1 aromatic carbocycles. The molecule has 30 heavy (non-hydrogen) atoms. The first-order valence-electron chi connectivity index (χ1n) is 9.18. The van der Waals surface area contributed by atoms with Crippen LogP contribution in [-0.4, -0.2) is 54.9 Å². The number of hydrogen-bond acceptors (Lipinski definition) is 5. The van der Waals surface area contributed by atoms with Crippen molar-refractivity contribution in [2.24, 2.45) is 0 Å². The van der Waals surface area contributed by atoms with E-state index in [0.29, 0.717) is 22.4 Å². The molecule has 1 saturated heterocycles. The number of halogens is 2. The molecular weight excluding hydrogens is 392 g/mol. The molecule has 1 aliphatic heterocycles. The third-order valence-electron chi connectivity index (χ3n) is 4.79. The molecule has 8 nitrogen and oxygen atoms in total. The maximum absolute atomic E-state index is 14.5. The average Bonchev–Trinajstić information content (AvgIpc) is 3.16. The summed E-state index contributed by atoms with van der Waals surface area (Å²) in [5, 5.41) is 7.67. The van der Waals surface area contributed by atoms with Crippen molar-refractivity contribution in [3.63, 3.8) is 0 Å². The minimum atomic E-state index is -0.990. The largest absolute Gasteiger partial charge is 0.322 e. The zero-order chi connectivity index (χ0) is 20.7. The summed E-state index contributed by atoms with van der Waals surface area (Å²) < 4.78 is 28.8. The SMILES string of the molecule is O=C(Nc1ccc(F)c(-n2cc3cc(-c4cnccn4)cnc3n2)c1)N1CC(F)C1. The van der Waals surface area contributed by atoms with Crippen LogP contribution in [0, 0.1) is 5.82 Å². The fourth-order valence-corrected chi connectivity index (χ4v) is 3.19. The van der Waals surface area contributed by atoms with Gasteiger partial charge in [-0.25, -0.2) is 23.2 Å². The van der Waals surface area contributed by atoms with Gasteiger partial charge in [0.05, 0.1) is 25.0 Å². The van der Waals surface area contributed by atoms with Gasteiger partial charge in [0, 0.05) is 41.4 Å². The summed E-state index contributed by atoms with van der Waals surface area (Å²) in [7, 11) is 0. The van der Waals surface area contributed by atoms with E-state index in [9.17, 15) is 13.6 Å². The van der Waals surface area contributed by atoms with Gasteiger partial charge in [-0.3, -0.25) is 9.97 Å². The molecule has 0 aliphatic carbocycles. The van der Waals surface area contributed by atoms with E-state index in [1.807, 2.05) is 6.07 Å². The number of nitrogens with zero attached hydrogens (tertiary/aromatic N) is 6. The summed E-state index contributed by atoms with van der Waals surface area (Å²) >= 11 is 0. The number of amides is 2. The minimum absolute atomic E-state index is 0.0597. The lowest BCUT2D eigenvalue weighted by Crippen LogP contribution is -2.53. The molecule has 0 unspecified atom stereocenters. The van der Waals surface area contributed by atoms with E-state index in [-0.39, 0.29) is 18.8 Å². The first kappa shape index (κ1) is 18.1. The molecule has 10 heteroatoms. The van der Waals surface area contributed by atoms with Crippen LogP contribution in [0.3, 0.4) is 0 Å². The maximum Gasteiger partial charge on any atom is 0.322 e. The van der Waals surface area contributed by atoms with Crippen molar-refractivity contribution in [2.75, 3.05) is 18.4 Å². The van der Waals surface area contributed by atoms with Crippen molar-refractivity contribution in [3.05, 3.63) is 61.1 Å². The number of benzene rings is 1. The van der Waals surface area contributed by atoms with E-state index in [1.54, 1.807) is 31.0 Å². The number of carbonyl (C=O) groups excluding carboxylic acids is 1. The summed E-state index contributed by atoms with van der Waals surface area (Å²) in [5.41, 5.74) is 2.39. The first-order chi connectivity index (χ1) is 14.6. The molecule has 4 heterocycles. The molecular formula is C20H15F2N7O. The second-order valence-corrected chi connectivity index (χ2v) is 6.90. The maximum atomic E-state index is 14.5. The Morgan fingerprint density at radius 3 is 2.77 bits per heavy atom. The molecule has 1 aliphatic rings. The van der Waals surface area contributed by atoms with Gasteiger partial charge in [-0.05, 0) is 24.3 Å². The van der Waals surface area contributed by atoms with Crippen LogP contribution in [0.4, 0.5) is 19.3 Å². The fourth-order valence-electron chi connectivity index (χ4n) is 3.19. The summed E-state index contributed by atoms with van der Waals surface area (Å²) in [6.07, 6.45) is 7.08. The van der Waals surface area contributed by atoms with Gasteiger partial charge in [-0.2, -0.15) is 0 Å². The number of aromatic nitrogens is 5. The van der Waals surface area contributed by atoms with E-state index in [2.05, 4.69) is 25.4 Å². The van der Waals surface area contributed by atoms with Gasteiger partial charge in [0.1, 0.15) is 17.7 Å². The van der Waals surface area contributed by atoms with E-state index >= 15 is 0 Å². The van der Waals surface area contributed by atoms with E-state index in [0.717, 1.165) is 5.56 Å². The standard InChI is InChI=1S/C20H15F2N7O/c21-14-10-28(11-14)20(30)26-15-1-2-16(22)18(6-15)29-9-13-5-12(7-25-19(13)27-29)17-8-23-3-4-24-17/h1-9,14H,10-11H2,(H,26,30). The lowest BCUT2D eigenvalue weighted by Gasteiger charge is -2.34. The van der Waals surface area contributed by atoms with Crippen LogP contribution in [0.5, 0.6) is 0 Å². The Hall–Kier alpha value is -3.95. The van der Waals surface area contributed by atoms with Crippen molar-refractivity contribution < 1.29 is 13.6 Å². The quantitative estimate of drug-likeness (QED) is 0.563. The Bertz CT molecular complexity index is 1240. The van der Waals surface area contributed by atoms with Gasteiger partial charge in [0.15, 0.2) is 5.65 Å². The van der Waals surface area contributed by atoms with Crippen LogP contribution >= 0.6 is 0 Å². The zero-order valence-corrected chi connectivity index (χ0v) is 15.5. The molecule has 0 atom stereocenters. The van der Waals surface area contributed by atoms with Crippen LogP contribution in [0.2, 0.25) is 0 Å². The minimum Gasteiger partial charge on any atom is -0.319 e. The summed E-state index contributed by atoms with van der Waals surface area (Å²) in [6.45, 7) is 0.119. The van der Waals surface area contributed by atoms with E-state index in [4.69, 9.17) is 0 Å². The number of rotatable bonds is 3. The Morgan fingerprint density at radius 2 is 2.00 bits per heavy atom. The normalized spacial score (nSPS) is 14.0. The van der Waals surface area contributed by atoms with Crippen LogP contribution < -0.4 is 5.32 Å². The predicted molar refractivity (Wildman–Crippen MR) is 105 cm³/mol. The van der Waals surface area contributed by atoms with Crippen molar-refractivity contribution in [2.45, 2.75) is 6.17 Å². The molecule has 2 amide bonds. The smallest absolute Gasteiger partial charge is 0.319 e. The van der Waals surface area contributed by atoms with Gasteiger partial charge in [0.2, 0.25) is 0 Å². The highest BCUT2D eigenvalue weighted by molar-refractivity contribution is 5.90. The number of fused-ring (bicyclic) bond motifs is 1. The number of anilines is 1. The Morgan fingerprint density at radius 1 is 1.13 bits per heavy atom.